The van der Waals surface area contributed by atoms with E-state index in [2.05, 4.69) is 8.37 Å². The van der Waals surface area contributed by atoms with Gasteiger partial charge < -0.3 is 1.43 Å². The topological polar surface area (TPSA) is 52.6 Å². The van der Waals surface area contributed by atoms with Crippen molar-refractivity contribution >= 4 is 10.4 Å². The van der Waals surface area contributed by atoms with E-state index in [0.29, 0.717) is 0 Å². The Morgan fingerprint density at radius 3 is 1.64 bits per heavy atom. The summed E-state index contributed by atoms with van der Waals surface area (Å²) < 4.78 is 31.0. The molecule has 0 aliphatic heterocycles. The smallest absolute Gasteiger partial charge is 1.00 e. The van der Waals surface area contributed by atoms with E-state index in [9.17, 15) is 8.42 Å². The number of hydrogen-bond donors (Lipinski definition) is 0. The van der Waals surface area contributed by atoms with Crippen molar-refractivity contribution in [2.45, 2.75) is 39.5 Å². The normalized spacial score (nSPS) is 11.0. The molecule has 0 saturated heterocycles. The van der Waals surface area contributed by atoms with Gasteiger partial charge in [0, 0.05) is 0 Å². The zero-order valence-corrected chi connectivity index (χ0v) is 10.1. The summed E-state index contributed by atoms with van der Waals surface area (Å²) in [5.41, 5.74) is 0. The second kappa shape index (κ2) is 10.0. The first kappa shape index (κ1) is 16.9. The molecule has 0 bridgehead atoms. The van der Waals surface area contributed by atoms with Crippen molar-refractivity contribution in [3.05, 3.63) is 0 Å². The second-order valence-electron chi connectivity index (χ2n) is 2.76. The molecule has 14 heavy (non-hydrogen) atoms. The van der Waals surface area contributed by atoms with Crippen LogP contribution in [0.5, 0.6) is 0 Å². The number of unbranched alkanes of at least 4 members (excludes halogenated alkanes) is 2. The van der Waals surface area contributed by atoms with Crippen LogP contribution in [-0.4, -0.2) is 21.6 Å². The molecular formula is C8H19LiO4S. The molecule has 0 aromatic carbocycles. The van der Waals surface area contributed by atoms with Crippen molar-refractivity contribution in [1.29, 1.82) is 0 Å². The van der Waals surface area contributed by atoms with Crippen molar-refractivity contribution in [2.24, 2.45) is 0 Å². The predicted molar refractivity (Wildman–Crippen MR) is 51.8 cm³/mol. The van der Waals surface area contributed by atoms with E-state index >= 15 is 0 Å². The third kappa shape index (κ3) is 10.5. The standard InChI is InChI=1S/C8H18O4S.Li.H/c1-3-5-7-11-13(9,10)12-8-6-4-2;;/h3-8H2,1-2H3;;/q;+1;-1. The summed E-state index contributed by atoms with van der Waals surface area (Å²) >= 11 is 0. The molecule has 0 aliphatic carbocycles. The maximum Gasteiger partial charge on any atom is 1.00 e. The molecule has 0 amide bonds. The van der Waals surface area contributed by atoms with Crippen LogP contribution in [0.2, 0.25) is 0 Å². The summed E-state index contributed by atoms with van der Waals surface area (Å²) in [6.45, 7) is 4.36. The Kier molecular flexibility index (Phi) is 12.1. The van der Waals surface area contributed by atoms with Gasteiger partial charge in [0.05, 0.1) is 13.2 Å². The van der Waals surface area contributed by atoms with Gasteiger partial charge in [-0.25, -0.2) is 8.37 Å². The minimum absolute atomic E-state index is 0. The van der Waals surface area contributed by atoms with Gasteiger partial charge in [0.25, 0.3) is 0 Å². The molecule has 0 radical (unpaired) electrons. The molecule has 0 aliphatic rings. The maximum atomic E-state index is 10.9. The van der Waals surface area contributed by atoms with Crippen molar-refractivity contribution in [3.63, 3.8) is 0 Å². The van der Waals surface area contributed by atoms with E-state index in [4.69, 9.17) is 0 Å². The molecule has 0 atom stereocenters. The Labute approximate surface area is 100 Å². The third-order valence-electron chi connectivity index (χ3n) is 1.45. The Hall–Kier alpha value is 0.467. The van der Waals surface area contributed by atoms with Crippen LogP contribution in [0.15, 0.2) is 0 Å². The first-order chi connectivity index (χ1) is 6.12. The summed E-state index contributed by atoms with van der Waals surface area (Å²) in [5, 5.41) is 0. The molecule has 82 valence electrons. The van der Waals surface area contributed by atoms with E-state index in [1.807, 2.05) is 13.8 Å². The summed E-state index contributed by atoms with van der Waals surface area (Å²) in [6.07, 6.45) is 3.28. The molecule has 4 nitrogen and oxygen atoms in total. The Morgan fingerprint density at radius 1 is 1.00 bits per heavy atom. The summed E-state index contributed by atoms with van der Waals surface area (Å²) in [4.78, 5) is 0. The van der Waals surface area contributed by atoms with E-state index < -0.39 is 10.4 Å². The van der Waals surface area contributed by atoms with Crippen molar-refractivity contribution in [3.8, 4) is 0 Å². The molecule has 0 heterocycles. The molecule has 0 N–H and O–H groups in total. The molecule has 0 aromatic rings. The number of hydrogen-bond acceptors (Lipinski definition) is 4. The Bertz CT molecular complexity index is 193. The summed E-state index contributed by atoms with van der Waals surface area (Å²) in [5.74, 6) is 0. The first-order valence-electron chi connectivity index (χ1n) is 4.66. The van der Waals surface area contributed by atoms with Crippen LogP contribution in [0.1, 0.15) is 41.0 Å². The van der Waals surface area contributed by atoms with Gasteiger partial charge in [-0.05, 0) is 12.8 Å². The van der Waals surface area contributed by atoms with Gasteiger partial charge >= 0.3 is 29.3 Å². The van der Waals surface area contributed by atoms with Crippen LogP contribution in [0.4, 0.5) is 0 Å². The molecule has 0 rings (SSSR count). The largest absolute Gasteiger partial charge is 1.00 e. The van der Waals surface area contributed by atoms with Crippen LogP contribution >= 0.6 is 0 Å². The van der Waals surface area contributed by atoms with E-state index in [1.54, 1.807) is 0 Å². The van der Waals surface area contributed by atoms with Crippen LogP contribution in [-0.2, 0) is 18.8 Å². The van der Waals surface area contributed by atoms with E-state index in [-0.39, 0.29) is 33.5 Å². The van der Waals surface area contributed by atoms with Crippen molar-refractivity contribution < 1.29 is 37.1 Å². The zero-order chi connectivity index (χ0) is 10.2. The summed E-state index contributed by atoms with van der Waals surface area (Å²) in [6, 6.07) is 0. The Morgan fingerprint density at radius 2 is 1.36 bits per heavy atom. The van der Waals surface area contributed by atoms with Crippen LogP contribution in [0, 0.1) is 0 Å². The first-order valence-corrected chi connectivity index (χ1v) is 5.99. The van der Waals surface area contributed by atoms with Gasteiger partial charge in [-0.2, -0.15) is 8.42 Å². The fraction of sp³-hybridized carbons (Fsp3) is 1.00. The van der Waals surface area contributed by atoms with E-state index in [0.717, 1.165) is 25.7 Å². The Balaban J connectivity index is -0.000000720. The van der Waals surface area contributed by atoms with Gasteiger partial charge in [0.2, 0.25) is 0 Å². The fourth-order valence-electron chi connectivity index (χ4n) is 0.645. The van der Waals surface area contributed by atoms with Gasteiger partial charge in [-0.15, -0.1) is 0 Å². The van der Waals surface area contributed by atoms with Gasteiger partial charge in [-0.3, -0.25) is 0 Å². The quantitative estimate of drug-likeness (QED) is 0.386. The van der Waals surface area contributed by atoms with Crippen LogP contribution in [0.25, 0.3) is 0 Å². The molecule has 0 fully saturated rings. The molecule has 6 heteroatoms. The van der Waals surface area contributed by atoms with E-state index in [1.165, 1.54) is 0 Å². The van der Waals surface area contributed by atoms with Gasteiger partial charge in [-0.1, -0.05) is 26.7 Å². The molecule has 0 spiro atoms. The minimum Gasteiger partial charge on any atom is -1.00 e. The molecular weight excluding hydrogens is 199 g/mol. The SMILES string of the molecule is CCCCOS(=O)(=O)OCCCC.[H-].[Li+]. The second-order valence-corrected chi connectivity index (χ2v) is 4.05. The maximum absolute atomic E-state index is 10.9. The average Bonchev–Trinajstić information content (AvgIpc) is 2.05. The average molecular weight is 218 g/mol. The fourth-order valence-corrected chi connectivity index (χ4v) is 1.36. The summed E-state index contributed by atoms with van der Waals surface area (Å²) in [7, 11) is -3.73. The van der Waals surface area contributed by atoms with Gasteiger partial charge in [0.15, 0.2) is 0 Å². The zero-order valence-electron chi connectivity index (χ0n) is 10.3. The monoisotopic (exact) mass is 218 g/mol. The van der Waals surface area contributed by atoms with Crippen LogP contribution in [0.3, 0.4) is 0 Å². The molecule has 0 saturated carbocycles. The van der Waals surface area contributed by atoms with Crippen LogP contribution < -0.4 is 18.9 Å². The predicted octanol–water partition coefficient (Wildman–Crippen LogP) is -1.02. The van der Waals surface area contributed by atoms with Gasteiger partial charge in [0.1, 0.15) is 0 Å². The molecule has 0 unspecified atom stereocenters. The minimum atomic E-state index is -3.73. The third-order valence-corrected chi connectivity index (χ3v) is 2.36. The molecule has 0 aromatic heterocycles. The van der Waals surface area contributed by atoms with Crippen molar-refractivity contribution in [2.75, 3.05) is 13.2 Å². The number of rotatable bonds is 8. The van der Waals surface area contributed by atoms with Crippen molar-refractivity contribution in [1.82, 2.24) is 0 Å².